The quantitative estimate of drug-likeness (QED) is 0.664. The molecule has 2 aromatic rings. The zero-order valence-electron chi connectivity index (χ0n) is 15.5. The molecule has 0 fully saturated rings. The fourth-order valence-electron chi connectivity index (χ4n) is 2.43. The number of hydrogen-bond acceptors (Lipinski definition) is 5. The van der Waals surface area contributed by atoms with Gasteiger partial charge in [0.1, 0.15) is 5.82 Å². The maximum Gasteiger partial charge on any atom is 0.310 e. The summed E-state index contributed by atoms with van der Waals surface area (Å²) in [6, 6.07) is 11.3. The Labute approximate surface area is 157 Å². The number of likely N-dealkylation sites (N-methyl/N-ethyl adjacent to an activating group) is 1. The molecule has 1 amide bonds. The summed E-state index contributed by atoms with van der Waals surface area (Å²) in [5, 5.41) is 0. The van der Waals surface area contributed by atoms with Crippen molar-refractivity contribution in [2.45, 2.75) is 13.0 Å². The second-order valence-electron chi connectivity index (χ2n) is 5.87. The SMILES string of the molecule is COc1ccc(CC(=O)OCC(=O)N(C)Cc2ccccc2F)cc1OC. The van der Waals surface area contributed by atoms with E-state index in [1.54, 1.807) is 36.4 Å². The van der Waals surface area contributed by atoms with E-state index < -0.39 is 18.5 Å². The number of hydrogen-bond donors (Lipinski definition) is 0. The molecule has 0 saturated carbocycles. The van der Waals surface area contributed by atoms with E-state index in [1.807, 2.05) is 0 Å². The van der Waals surface area contributed by atoms with Gasteiger partial charge in [0, 0.05) is 19.2 Å². The van der Waals surface area contributed by atoms with Gasteiger partial charge in [0.05, 0.1) is 20.6 Å². The topological polar surface area (TPSA) is 65.1 Å². The molecular formula is C20H22FNO5. The summed E-state index contributed by atoms with van der Waals surface area (Å²) in [5.74, 6) is -0.292. The molecule has 0 spiro atoms. The highest BCUT2D eigenvalue weighted by atomic mass is 19.1. The highest BCUT2D eigenvalue weighted by Gasteiger charge is 2.15. The van der Waals surface area contributed by atoms with Crippen LogP contribution in [0.4, 0.5) is 4.39 Å². The van der Waals surface area contributed by atoms with Gasteiger partial charge in [-0.1, -0.05) is 24.3 Å². The zero-order valence-corrected chi connectivity index (χ0v) is 15.5. The molecule has 0 saturated heterocycles. The van der Waals surface area contributed by atoms with Crippen molar-refractivity contribution in [2.75, 3.05) is 27.9 Å². The second-order valence-corrected chi connectivity index (χ2v) is 5.87. The van der Waals surface area contributed by atoms with Gasteiger partial charge in [0.2, 0.25) is 0 Å². The van der Waals surface area contributed by atoms with Gasteiger partial charge in [-0.05, 0) is 23.8 Å². The van der Waals surface area contributed by atoms with E-state index in [4.69, 9.17) is 14.2 Å². The van der Waals surface area contributed by atoms with Crippen molar-refractivity contribution in [1.82, 2.24) is 4.90 Å². The maximum atomic E-state index is 13.6. The molecule has 0 aliphatic heterocycles. The van der Waals surface area contributed by atoms with Gasteiger partial charge in [-0.3, -0.25) is 9.59 Å². The second kappa shape index (κ2) is 9.56. The van der Waals surface area contributed by atoms with Gasteiger partial charge < -0.3 is 19.1 Å². The number of benzene rings is 2. The number of rotatable bonds is 8. The van der Waals surface area contributed by atoms with E-state index in [-0.39, 0.29) is 18.8 Å². The predicted octanol–water partition coefficient (Wildman–Crippen LogP) is 2.59. The summed E-state index contributed by atoms with van der Waals surface area (Å²) in [4.78, 5) is 25.4. The lowest BCUT2D eigenvalue weighted by Gasteiger charge is -2.17. The first-order valence-electron chi connectivity index (χ1n) is 8.28. The molecule has 2 rings (SSSR count). The molecule has 0 atom stereocenters. The van der Waals surface area contributed by atoms with Crippen LogP contribution >= 0.6 is 0 Å². The number of methoxy groups -OCH3 is 2. The molecular weight excluding hydrogens is 353 g/mol. The molecule has 0 bridgehead atoms. The first-order valence-corrected chi connectivity index (χ1v) is 8.28. The molecule has 0 N–H and O–H groups in total. The van der Waals surface area contributed by atoms with Gasteiger partial charge in [-0.2, -0.15) is 0 Å². The smallest absolute Gasteiger partial charge is 0.310 e. The van der Waals surface area contributed by atoms with Crippen LogP contribution in [0.2, 0.25) is 0 Å². The third-order valence-electron chi connectivity index (χ3n) is 3.94. The predicted molar refractivity (Wildman–Crippen MR) is 97.1 cm³/mol. The van der Waals surface area contributed by atoms with Crippen LogP contribution in [0.3, 0.4) is 0 Å². The van der Waals surface area contributed by atoms with Crippen LogP contribution < -0.4 is 9.47 Å². The summed E-state index contributed by atoms with van der Waals surface area (Å²) < 4.78 is 29.0. The molecule has 0 unspecified atom stereocenters. The highest BCUT2D eigenvalue weighted by molar-refractivity contribution is 5.81. The van der Waals surface area contributed by atoms with Crippen LogP contribution in [-0.2, 0) is 27.3 Å². The fourth-order valence-corrected chi connectivity index (χ4v) is 2.43. The third-order valence-corrected chi connectivity index (χ3v) is 3.94. The van der Waals surface area contributed by atoms with Crippen LogP contribution in [0.25, 0.3) is 0 Å². The van der Waals surface area contributed by atoms with Crippen LogP contribution in [-0.4, -0.2) is 44.7 Å². The Morgan fingerprint density at radius 3 is 2.41 bits per heavy atom. The van der Waals surface area contributed by atoms with Gasteiger partial charge in [0.25, 0.3) is 5.91 Å². The molecule has 0 aliphatic carbocycles. The molecule has 0 aromatic heterocycles. The van der Waals surface area contributed by atoms with Crippen molar-refractivity contribution in [3.63, 3.8) is 0 Å². The molecule has 2 aromatic carbocycles. The largest absolute Gasteiger partial charge is 0.493 e. The van der Waals surface area contributed by atoms with Crippen LogP contribution in [0.1, 0.15) is 11.1 Å². The maximum absolute atomic E-state index is 13.6. The van der Waals surface area contributed by atoms with Crippen molar-refractivity contribution in [2.24, 2.45) is 0 Å². The van der Waals surface area contributed by atoms with Gasteiger partial charge in [-0.15, -0.1) is 0 Å². The van der Waals surface area contributed by atoms with Crippen molar-refractivity contribution in [3.8, 4) is 11.5 Å². The zero-order chi connectivity index (χ0) is 19.8. The van der Waals surface area contributed by atoms with Crippen molar-refractivity contribution in [1.29, 1.82) is 0 Å². The number of halogens is 1. The normalized spacial score (nSPS) is 10.2. The van der Waals surface area contributed by atoms with E-state index in [0.29, 0.717) is 22.6 Å². The Balaban J connectivity index is 1.86. The van der Waals surface area contributed by atoms with E-state index in [1.165, 1.54) is 32.2 Å². The lowest BCUT2D eigenvalue weighted by Crippen LogP contribution is -2.31. The number of carbonyl (C=O) groups excluding carboxylic acids is 2. The van der Waals surface area contributed by atoms with Crippen molar-refractivity contribution < 1.29 is 28.2 Å². The van der Waals surface area contributed by atoms with Crippen LogP contribution in [0.5, 0.6) is 11.5 Å². The number of ether oxygens (including phenoxy) is 3. The molecule has 27 heavy (non-hydrogen) atoms. The first kappa shape index (κ1) is 20.2. The number of esters is 1. The minimum Gasteiger partial charge on any atom is -0.493 e. The molecule has 6 nitrogen and oxygen atoms in total. The van der Waals surface area contributed by atoms with Gasteiger partial charge in [0.15, 0.2) is 18.1 Å². The summed E-state index contributed by atoms with van der Waals surface area (Å²) in [7, 11) is 4.55. The van der Waals surface area contributed by atoms with E-state index in [2.05, 4.69) is 0 Å². The molecule has 0 radical (unpaired) electrons. The Hall–Kier alpha value is -3.09. The summed E-state index contributed by atoms with van der Waals surface area (Å²) in [6.07, 6.45) is -0.00926. The minimum atomic E-state index is -0.546. The average Bonchev–Trinajstić information content (AvgIpc) is 2.67. The summed E-state index contributed by atoms with van der Waals surface area (Å²) in [5.41, 5.74) is 1.06. The van der Waals surface area contributed by atoms with E-state index in [0.717, 1.165) is 0 Å². The molecule has 0 heterocycles. The first-order chi connectivity index (χ1) is 12.9. The number of carbonyl (C=O) groups is 2. The van der Waals surface area contributed by atoms with Crippen molar-refractivity contribution in [3.05, 3.63) is 59.4 Å². The minimum absolute atomic E-state index is 0.00926. The molecule has 7 heteroatoms. The number of nitrogens with zero attached hydrogens (tertiary/aromatic N) is 1. The lowest BCUT2D eigenvalue weighted by molar-refractivity contribution is -0.151. The Bertz CT molecular complexity index is 809. The number of amides is 1. The highest BCUT2D eigenvalue weighted by Crippen LogP contribution is 2.27. The molecule has 144 valence electrons. The van der Waals surface area contributed by atoms with E-state index >= 15 is 0 Å². The fraction of sp³-hybridized carbons (Fsp3) is 0.300. The Morgan fingerprint density at radius 1 is 1.04 bits per heavy atom. The average molecular weight is 375 g/mol. The summed E-state index contributed by atoms with van der Waals surface area (Å²) in [6.45, 7) is -0.310. The van der Waals surface area contributed by atoms with Gasteiger partial charge in [-0.25, -0.2) is 4.39 Å². The monoisotopic (exact) mass is 375 g/mol. The van der Waals surface area contributed by atoms with E-state index in [9.17, 15) is 14.0 Å². The standard InChI is InChI=1S/C20H22FNO5/c1-22(12-15-6-4-5-7-16(15)21)19(23)13-27-20(24)11-14-8-9-17(25-2)18(10-14)26-3/h4-10H,11-13H2,1-3H3. The Kier molecular flexibility index (Phi) is 7.16. The van der Waals surface area contributed by atoms with Crippen LogP contribution in [0, 0.1) is 5.82 Å². The lowest BCUT2D eigenvalue weighted by atomic mass is 10.1. The third kappa shape index (κ3) is 5.70. The Morgan fingerprint density at radius 2 is 1.74 bits per heavy atom. The summed E-state index contributed by atoms with van der Waals surface area (Å²) >= 11 is 0. The molecule has 0 aliphatic rings. The van der Waals surface area contributed by atoms with Crippen molar-refractivity contribution >= 4 is 11.9 Å². The van der Waals surface area contributed by atoms with Gasteiger partial charge >= 0.3 is 5.97 Å². The van der Waals surface area contributed by atoms with Crippen LogP contribution in [0.15, 0.2) is 42.5 Å².